The molecule has 0 fully saturated rings. The van der Waals surface area contributed by atoms with Crippen LogP contribution in [-0.4, -0.2) is 51.4 Å². The van der Waals surface area contributed by atoms with Gasteiger partial charge in [-0.1, -0.05) is 35.9 Å². The summed E-state index contributed by atoms with van der Waals surface area (Å²) in [4.78, 5) is 18.4. The Morgan fingerprint density at radius 3 is 2.53 bits per heavy atom. The standard InChI is InChI=1S/C25H29ClN6O2/c1-17(27)32-16-19(5-10-24(32)28)15-31(2)25(34)20-6-3-18(4-7-20)11-12-29-14-22(33)21-8-9-23(26)30-13-21/h3-10,13,16,22,27-29,33H,11-12,14-15H2,1-2H3. The zero-order valence-corrected chi connectivity index (χ0v) is 20.0. The summed E-state index contributed by atoms with van der Waals surface area (Å²) in [7, 11) is 1.73. The van der Waals surface area contributed by atoms with Gasteiger partial charge >= 0.3 is 0 Å². The summed E-state index contributed by atoms with van der Waals surface area (Å²) in [5.74, 6) is 0.153. The van der Waals surface area contributed by atoms with Gasteiger partial charge in [0.15, 0.2) is 0 Å². The van der Waals surface area contributed by atoms with Crippen LogP contribution in [0.1, 0.15) is 40.1 Å². The van der Waals surface area contributed by atoms with Crippen molar-refractivity contribution in [3.63, 3.8) is 0 Å². The number of nitrogens with zero attached hydrogens (tertiary/aromatic N) is 3. The molecule has 0 aliphatic rings. The van der Waals surface area contributed by atoms with Crippen LogP contribution >= 0.6 is 11.6 Å². The average molecular weight is 481 g/mol. The Labute approximate surface area is 203 Å². The second-order valence-electron chi connectivity index (χ2n) is 8.12. The highest BCUT2D eigenvalue weighted by molar-refractivity contribution is 6.29. The highest BCUT2D eigenvalue weighted by atomic mass is 35.5. The van der Waals surface area contributed by atoms with Crippen LogP contribution in [0.4, 0.5) is 0 Å². The third kappa shape index (κ3) is 6.84. The van der Waals surface area contributed by atoms with Crippen LogP contribution in [0.5, 0.6) is 0 Å². The van der Waals surface area contributed by atoms with Crippen molar-refractivity contribution in [1.29, 1.82) is 10.8 Å². The lowest BCUT2D eigenvalue weighted by molar-refractivity contribution is 0.0785. The minimum absolute atomic E-state index is 0.0996. The molecule has 178 valence electrons. The van der Waals surface area contributed by atoms with Crippen molar-refractivity contribution < 1.29 is 9.90 Å². The summed E-state index contributed by atoms with van der Waals surface area (Å²) in [6.07, 6.45) is 3.39. The molecule has 0 aliphatic heterocycles. The van der Waals surface area contributed by atoms with Gasteiger partial charge in [-0.15, -0.1) is 0 Å². The van der Waals surface area contributed by atoms with Crippen LogP contribution in [0.25, 0.3) is 0 Å². The first-order valence-electron chi connectivity index (χ1n) is 10.9. The normalized spacial score (nSPS) is 11.8. The molecule has 1 aromatic carbocycles. The molecule has 1 atom stereocenters. The van der Waals surface area contributed by atoms with Gasteiger partial charge in [0.05, 0.1) is 6.10 Å². The summed E-state index contributed by atoms with van der Waals surface area (Å²) >= 11 is 5.77. The fraction of sp³-hybridized carbons (Fsp3) is 0.280. The molecule has 2 heterocycles. The number of carbonyl (C=O) groups is 1. The Hall–Kier alpha value is -3.33. The van der Waals surface area contributed by atoms with Crippen molar-refractivity contribution in [3.8, 4) is 0 Å². The first-order valence-corrected chi connectivity index (χ1v) is 11.3. The molecule has 9 heteroatoms. The number of hydrogen-bond acceptors (Lipinski definition) is 6. The fourth-order valence-electron chi connectivity index (χ4n) is 3.47. The maximum Gasteiger partial charge on any atom is 0.253 e. The summed E-state index contributed by atoms with van der Waals surface area (Å²) in [5.41, 5.74) is 3.47. The smallest absolute Gasteiger partial charge is 0.253 e. The largest absolute Gasteiger partial charge is 0.387 e. The van der Waals surface area contributed by atoms with Gasteiger partial charge in [0.1, 0.15) is 16.5 Å². The van der Waals surface area contributed by atoms with Gasteiger partial charge in [0.25, 0.3) is 5.91 Å². The van der Waals surface area contributed by atoms with Crippen molar-refractivity contribution in [1.82, 2.24) is 19.8 Å². The van der Waals surface area contributed by atoms with E-state index < -0.39 is 6.10 Å². The molecule has 1 amide bonds. The number of benzene rings is 1. The molecular formula is C25H29ClN6O2. The maximum absolute atomic E-state index is 12.8. The Bertz CT molecular complexity index is 1190. The van der Waals surface area contributed by atoms with Crippen LogP contribution in [-0.2, 0) is 13.0 Å². The molecular weight excluding hydrogens is 452 g/mol. The highest BCUT2D eigenvalue weighted by Crippen LogP contribution is 2.13. The zero-order valence-electron chi connectivity index (χ0n) is 19.3. The van der Waals surface area contributed by atoms with E-state index in [1.54, 1.807) is 55.5 Å². The Morgan fingerprint density at radius 2 is 1.88 bits per heavy atom. The first-order chi connectivity index (χ1) is 16.2. The van der Waals surface area contributed by atoms with Gasteiger partial charge in [-0.05, 0) is 55.3 Å². The third-order valence-corrected chi connectivity index (χ3v) is 5.63. The number of pyridine rings is 2. The van der Waals surface area contributed by atoms with E-state index in [1.807, 2.05) is 24.3 Å². The quantitative estimate of drug-likeness (QED) is 0.163. The lowest BCUT2D eigenvalue weighted by Crippen LogP contribution is -2.28. The first kappa shape index (κ1) is 25.3. The summed E-state index contributed by atoms with van der Waals surface area (Å²) < 4.78 is 1.47. The Kier molecular flexibility index (Phi) is 8.70. The molecule has 0 aliphatic carbocycles. The summed E-state index contributed by atoms with van der Waals surface area (Å²) in [6, 6.07) is 14.3. The zero-order chi connectivity index (χ0) is 24.7. The lowest BCUT2D eigenvalue weighted by atomic mass is 10.1. The van der Waals surface area contributed by atoms with E-state index >= 15 is 0 Å². The monoisotopic (exact) mass is 480 g/mol. The van der Waals surface area contributed by atoms with Gasteiger partial charge in [0.2, 0.25) is 0 Å². The predicted octanol–water partition coefficient (Wildman–Crippen LogP) is 3.00. The number of aromatic nitrogens is 2. The number of aliphatic hydroxyl groups excluding tert-OH is 1. The number of hydrogen-bond donors (Lipinski definition) is 4. The third-order valence-electron chi connectivity index (χ3n) is 5.40. The van der Waals surface area contributed by atoms with Gasteiger partial charge in [0, 0.05) is 43.7 Å². The SMILES string of the molecule is CC(=N)n1cc(CN(C)C(=O)c2ccc(CCNCC(O)c3ccc(Cl)nc3)cc2)ccc1=N. The van der Waals surface area contributed by atoms with E-state index in [0.717, 1.165) is 17.5 Å². The summed E-state index contributed by atoms with van der Waals surface area (Å²) in [5, 5.41) is 29.5. The highest BCUT2D eigenvalue weighted by Gasteiger charge is 2.13. The molecule has 4 N–H and O–H groups in total. The molecule has 0 saturated carbocycles. The van der Waals surface area contributed by atoms with E-state index in [9.17, 15) is 9.90 Å². The second-order valence-corrected chi connectivity index (χ2v) is 8.51. The number of aliphatic hydroxyl groups is 1. The van der Waals surface area contributed by atoms with Crippen LogP contribution in [0.15, 0.2) is 60.9 Å². The van der Waals surface area contributed by atoms with Crippen LogP contribution < -0.4 is 10.8 Å². The minimum atomic E-state index is -0.657. The molecule has 2 aromatic heterocycles. The van der Waals surface area contributed by atoms with E-state index in [2.05, 4.69) is 10.3 Å². The Balaban J connectivity index is 1.49. The van der Waals surface area contributed by atoms with Crippen molar-refractivity contribution >= 4 is 23.3 Å². The van der Waals surface area contributed by atoms with Gasteiger partial charge in [-0.2, -0.15) is 0 Å². The second kappa shape index (κ2) is 11.7. The van der Waals surface area contributed by atoms with Crippen molar-refractivity contribution in [2.75, 3.05) is 20.1 Å². The minimum Gasteiger partial charge on any atom is -0.387 e. The topological polar surface area (TPSA) is 118 Å². The van der Waals surface area contributed by atoms with E-state index in [-0.39, 0.29) is 17.2 Å². The van der Waals surface area contributed by atoms with Crippen molar-refractivity contribution in [3.05, 3.63) is 93.8 Å². The molecule has 8 nitrogen and oxygen atoms in total. The summed E-state index contributed by atoms with van der Waals surface area (Å²) in [6.45, 7) is 3.09. The molecule has 0 saturated heterocycles. The molecule has 3 aromatic rings. The van der Waals surface area contributed by atoms with E-state index in [4.69, 9.17) is 22.4 Å². The fourth-order valence-corrected chi connectivity index (χ4v) is 3.58. The molecule has 0 spiro atoms. The van der Waals surface area contributed by atoms with Crippen LogP contribution in [0.2, 0.25) is 5.15 Å². The molecule has 34 heavy (non-hydrogen) atoms. The van der Waals surface area contributed by atoms with Crippen molar-refractivity contribution in [2.45, 2.75) is 26.0 Å². The number of rotatable bonds is 9. The van der Waals surface area contributed by atoms with Crippen LogP contribution in [0, 0.1) is 10.8 Å². The van der Waals surface area contributed by atoms with E-state index in [0.29, 0.717) is 35.9 Å². The lowest BCUT2D eigenvalue weighted by Gasteiger charge is -2.18. The van der Waals surface area contributed by atoms with Gasteiger partial charge in [-0.25, -0.2) is 4.98 Å². The van der Waals surface area contributed by atoms with Crippen LogP contribution in [0.3, 0.4) is 0 Å². The van der Waals surface area contributed by atoms with Gasteiger partial charge < -0.3 is 15.3 Å². The number of nitrogens with one attached hydrogen (secondary N) is 3. The van der Waals surface area contributed by atoms with E-state index in [1.165, 1.54) is 4.57 Å². The predicted molar refractivity (Wildman–Crippen MR) is 132 cm³/mol. The average Bonchev–Trinajstić information content (AvgIpc) is 2.83. The number of halogens is 1. The molecule has 0 radical (unpaired) electrons. The van der Waals surface area contributed by atoms with Gasteiger partial charge in [-0.3, -0.25) is 20.2 Å². The number of carbonyl (C=O) groups excluding carboxylic acids is 1. The molecule has 0 bridgehead atoms. The maximum atomic E-state index is 12.8. The number of amides is 1. The Morgan fingerprint density at radius 1 is 1.18 bits per heavy atom. The molecule has 3 rings (SSSR count). The van der Waals surface area contributed by atoms with Crippen molar-refractivity contribution in [2.24, 2.45) is 0 Å². The molecule has 1 unspecified atom stereocenters.